The Morgan fingerprint density at radius 1 is 1.12 bits per heavy atom. The summed E-state index contributed by atoms with van der Waals surface area (Å²) in [5, 5.41) is 2.46. The highest BCUT2D eigenvalue weighted by molar-refractivity contribution is 9.10. The van der Waals surface area contributed by atoms with Crippen molar-refractivity contribution >= 4 is 39.3 Å². The quantitative estimate of drug-likeness (QED) is 0.604. The van der Waals surface area contributed by atoms with E-state index in [2.05, 4.69) is 31.2 Å². The first-order valence-electron chi connectivity index (χ1n) is 7.15. The summed E-state index contributed by atoms with van der Waals surface area (Å²) >= 11 is 9.44. The van der Waals surface area contributed by atoms with Gasteiger partial charge in [0.15, 0.2) is 17.5 Å². The van der Waals surface area contributed by atoms with Crippen LogP contribution in [0, 0.1) is 11.6 Å². The van der Waals surface area contributed by atoms with Crippen LogP contribution in [-0.2, 0) is 0 Å². The molecule has 0 saturated heterocycles. The van der Waals surface area contributed by atoms with E-state index in [9.17, 15) is 13.6 Å². The molecule has 0 fully saturated rings. The molecule has 3 rings (SSSR count). The molecule has 1 amide bonds. The molecule has 2 aromatic carbocycles. The molecule has 1 heterocycles. The van der Waals surface area contributed by atoms with Gasteiger partial charge in [0.25, 0.3) is 5.91 Å². The van der Waals surface area contributed by atoms with Gasteiger partial charge in [-0.1, -0.05) is 23.7 Å². The largest absolute Gasteiger partial charge is 0.437 e. The third kappa shape index (κ3) is 3.97. The molecule has 0 saturated carbocycles. The Bertz CT molecular complexity index is 988. The van der Waals surface area contributed by atoms with Crippen molar-refractivity contribution < 1.29 is 18.3 Å². The average molecular weight is 441 g/mol. The molecule has 0 spiro atoms. The van der Waals surface area contributed by atoms with E-state index in [4.69, 9.17) is 16.3 Å². The van der Waals surface area contributed by atoms with Gasteiger partial charge in [0.2, 0.25) is 5.88 Å². The van der Waals surface area contributed by atoms with E-state index in [1.165, 1.54) is 6.07 Å². The summed E-state index contributed by atoms with van der Waals surface area (Å²) in [7, 11) is 0. The maximum Gasteiger partial charge on any atom is 0.258 e. The van der Waals surface area contributed by atoms with Gasteiger partial charge in [-0.2, -0.15) is 4.98 Å². The van der Waals surface area contributed by atoms with E-state index in [-0.39, 0.29) is 22.5 Å². The number of halogens is 4. The predicted molar refractivity (Wildman–Crippen MR) is 95.6 cm³/mol. The lowest BCUT2D eigenvalue weighted by molar-refractivity contribution is 0.102. The van der Waals surface area contributed by atoms with Crippen molar-refractivity contribution in [3.63, 3.8) is 0 Å². The Kier molecular flexibility index (Phi) is 5.43. The number of carbonyl (C=O) groups is 1. The minimum absolute atomic E-state index is 0.00687. The number of rotatable bonds is 4. The van der Waals surface area contributed by atoms with E-state index in [1.807, 2.05) is 0 Å². The van der Waals surface area contributed by atoms with Crippen molar-refractivity contribution in [2.45, 2.75) is 0 Å². The molecular weight excluding hydrogens is 432 g/mol. The van der Waals surface area contributed by atoms with Crippen LogP contribution in [0.25, 0.3) is 0 Å². The molecule has 0 aliphatic rings. The fraction of sp³-hybridized carbons (Fsp3) is 0. The number of aromatic nitrogens is 2. The third-order valence-corrected chi connectivity index (χ3v) is 4.25. The van der Waals surface area contributed by atoms with Gasteiger partial charge in [-0.25, -0.2) is 13.8 Å². The van der Waals surface area contributed by atoms with Crippen molar-refractivity contribution in [3.8, 4) is 11.6 Å². The fourth-order valence-corrected chi connectivity index (χ4v) is 2.63. The predicted octanol–water partition coefficient (Wildman–Crippen LogP) is 5.22. The lowest BCUT2D eigenvalue weighted by Gasteiger charge is -2.11. The van der Waals surface area contributed by atoms with E-state index >= 15 is 0 Å². The number of hydrogen-bond acceptors (Lipinski definition) is 4. The number of benzene rings is 2. The summed E-state index contributed by atoms with van der Waals surface area (Å²) in [6, 6.07) is 9.80. The molecular formula is C17H9BrClF2N3O2. The van der Waals surface area contributed by atoms with E-state index in [1.54, 1.807) is 24.3 Å². The number of anilines is 1. The molecule has 0 aliphatic carbocycles. The lowest BCUT2D eigenvalue weighted by Crippen LogP contribution is -2.14. The van der Waals surface area contributed by atoms with Crippen LogP contribution >= 0.6 is 27.5 Å². The van der Waals surface area contributed by atoms with Crippen LogP contribution in [0.5, 0.6) is 11.6 Å². The van der Waals surface area contributed by atoms with Crippen molar-refractivity contribution in [3.05, 3.63) is 75.5 Å². The van der Waals surface area contributed by atoms with Crippen molar-refractivity contribution in [2.75, 3.05) is 5.32 Å². The van der Waals surface area contributed by atoms with E-state index in [0.29, 0.717) is 10.0 Å². The van der Waals surface area contributed by atoms with E-state index < -0.39 is 17.5 Å². The van der Waals surface area contributed by atoms with Gasteiger partial charge in [-0.3, -0.25) is 4.79 Å². The van der Waals surface area contributed by atoms with Gasteiger partial charge < -0.3 is 10.1 Å². The van der Waals surface area contributed by atoms with Crippen molar-refractivity contribution in [2.24, 2.45) is 0 Å². The second-order valence-electron chi connectivity index (χ2n) is 4.95. The number of hydrogen-bond donors (Lipinski definition) is 1. The number of nitrogens with zero attached hydrogens (tertiary/aromatic N) is 2. The highest BCUT2D eigenvalue weighted by atomic mass is 79.9. The second-order valence-corrected chi connectivity index (χ2v) is 6.19. The van der Waals surface area contributed by atoms with Crippen molar-refractivity contribution in [1.29, 1.82) is 0 Å². The minimum Gasteiger partial charge on any atom is -0.437 e. The number of amides is 1. The second kappa shape index (κ2) is 7.76. The minimum atomic E-state index is -1.07. The topological polar surface area (TPSA) is 64.1 Å². The highest BCUT2D eigenvalue weighted by Crippen LogP contribution is 2.32. The molecule has 0 unspecified atom stereocenters. The average Bonchev–Trinajstić information content (AvgIpc) is 2.62. The SMILES string of the molecule is O=C(Nc1ncnc(Oc2ccc(F)c(F)c2)c1Cl)c1ccccc1Br. The van der Waals surface area contributed by atoms with Crippen LogP contribution in [0.1, 0.15) is 10.4 Å². The molecule has 5 nitrogen and oxygen atoms in total. The summed E-state index contributed by atoms with van der Waals surface area (Å²) < 4.78 is 32.2. The van der Waals surface area contributed by atoms with Gasteiger partial charge in [0.1, 0.15) is 17.1 Å². The Morgan fingerprint density at radius 3 is 2.62 bits per heavy atom. The zero-order valence-corrected chi connectivity index (χ0v) is 15.2. The van der Waals surface area contributed by atoms with Crippen LogP contribution in [0.15, 0.2) is 53.3 Å². The first-order chi connectivity index (χ1) is 12.5. The standard InChI is InChI=1S/C17H9BrClF2N3O2/c18-11-4-2-1-3-10(11)16(25)24-15-14(19)17(23-8-22-15)26-9-5-6-12(20)13(21)7-9/h1-8H,(H,22,23,24,25). The molecule has 1 N–H and O–H groups in total. The van der Waals surface area contributed by atoms with Gasteiger partial charge in [-0.15, -0.1) is 0 Å². The zero-order chi connectivity index (χ0) is 18.7. The summed E-state index contributed by atoms with van der Waals surface area (Å²) in [4.78, 5) is 20.1. The summed E-state index contributed by atoms with van der Waals surface area (Å²) in [6.45, 7) is 0. The highest BCUT2D eigenvalue weighted by Gasteiger charge is 2.16. The van der Waals surface area contributed by atoms with Crippen LogP contribution in [0.3, 0.4) is 0 Å². The summed E-state index contributed by atoms with van der Waals surface area (Å²) in [5.41, 5.74) is 0.380. The summed E-state index contributed by atoms with van der Waals surface area (Å²) in [5.74, 6) is -2.64. The van der Waals surface area contributed by atoms with Crippen LogP contribution in [0.4, 0.5) is 14.6 Å². The normalized spacial score (nSPS) is 10.5. The molecule has 26 heavy (non-hydrogen) atoms. The Hall–Kier alpha value is -2.58. The molecule has 0 atom stereocenters. The van der Waals surface area contributed by atoms with Gasteiger partial charge in [-0.05, 0) is 40.2 Å². The number of carbonyl (C=O) groups excluding carboxylic acids is 1. The maximum atomic E-state index is 13.3. The molecule has 0 aliphatic heterocycles. The smallest absolute Gasteiger partial charge is 0.258 e. The monoisotopic (exact) mass is 439 g/mol. The molecule has 0 radical (unpaired) electrons. The first kappa shape index (κ1) is 18.2. The zero-order valence-electron chi connectivity index (χ0n) is 12.8. The number of ether oxygens (including phenoxy) is 1. The molecule has 132 valence electrons. The lowest BCUT2D eigenvalue weighted by atomic mass is 10.2. The van der Waals surface area contributed by atoms with Crippen LogP contribution < -0.4 is 10.1 Å². The van der Waals surface area contributed by atoms with Crippen molar-refractivity contribution in [1.82, 2.24) is 9.97 Å². The van der Waals surface area contributed by atoms with Crippen LogP contribution in [-0.4, -0.2) is 15.9 Å². The Labute approximate surface area is 160 Å². The Balaban J connectivity index is 1.84. The van der Waals surface area contributed by atoms with E-state index in [0.717, 1.165) is 18.5 Å². The summed E-state index contributed by atoms with van der Waals surface area (Å²) in [6.07, 6.45) is 1.12. The Morgan fingerprint density at radius 2 is 1.88 bits per heavy atom. The molecule has 0 bridgehead atoms. The van der Waals surface area contributed by atoms with Gasteiger partial charge in [0, 0.05) is 10.5 Å². The number of nitrogens with one attached hydrogen (secondary N) is 1. The third-order valence-electron chi connectivity index (χ3n) is 3.21. The molecule has 9 heteroatoms. The molecule has 3 aromatic rings. The maximum absolute atomic E-state index is 13.3. The molecule has 1 aromatic heterocycles. The first-order valence-corrected chi connectivity index (χ1v) is 8.32. The van der Waals surface area contributed by atoms with Crippen LogP contribution in [0.2, 0.25) is 5.02 Å². The van der Waals surface area contributed by atoms with Gasteiger partial charge in [0.05, 0.1) is 5.56 Å². The van der Waals surface area contributed by atoms with Gasteiger partial charge >= 0.3 is 0 Å². The fourth-order valence-electron chi connectivity index (χ4n) is 1.98.